The van der Waals surface area contributed by atoms with E-state index >= 15 is 0 Å². The SMILES string of the molecule is COC(=O)c1cc(CN(C)CC(=O)N2CC(C)OC(C)C2)oc1C. The predicted molar refractivity (Wildman–Crippen MR) is 87.7 cm³/mol. The number of ether oxygens (including phenoxy) is 2. The molecule has 2 heterocycles. The van der Waals surface area contributed by atoms with E-state index < -0.39 is 5.97 Å². The van der Waals surface area contributed by atoms with E-state index in [1.807, 2.05) is 30.7 Å². The molecule has 0 N–H and O–H groups in total. The number of furan rings is 1. The van der Waals surface area contributed by atoms with Gasteiger partial charge in [0.25, 0.3) is 0 Å². The second kappa shape index (κ2) is 7.81. The number of hydrogen-bond acceptors (Lipinski definition) is 6. The number of rotatable bonds is 5. The Kier molecular flexibility index (Phi) is 6.01. The quantitative estimate of drug-likeness (QED) is 0.757. The molecule has 1 fully saturated rings. The van der Waals surface area contributed by atoms with Crippen molar-refractivity contribution in [3.63, 3.8) is 0 Å². The molecule has 1 aromatic heterocycles. The fourth-order valence-corrected chi connectivity index (χ4v) is 2.97. The number of methoxy groups -OCH3 is 1. The molecule has 0 bridgehead atoms. The van der Waals surface area contributed by atoms with Gasteiger partial charge in [-0.1, -0.05) is 0 Å². The Balaban J connectivity index is 1.92. The van der Waals surface area contributed by atoms with Crippen LogP contribution < -0.4 is 0 Å². The van der Waals surface area contributed by atoms with E-state index in [1.54, 1.807) is 13.0 Å². The molecule has 0 aromatic carbocycles. The van der Waals surface area contributed by atoms with Gasteiger partial charge in [0.1, 0.15) is 17.1 Å². The number of hydrogen-bond donors (Lipinski definition) is 0. The normalized spacial score (nSPS) is 21.2. The maximum Gasteiger partial charge on any atom is 0.341 e. The van der Waals surface area contributed by atoms with Gasteiger partial charge in [0.2, 0.25) is 5.91 Å². The van der Waals surface area contributed by atoms with E-state index in [0.717, 1.165) is 0 Å². The van der Waals surface area contributed by atoms with Crippen LogP contribution in [0.1, 0.15) is 35.7 Å². The topological polar surface area (TPSA) is 72.2 Å². The number of esters is 1. The van der Waals surface area contributed by atoms with E-state index in [4.69, 9.17) is 13.9 Å². The Morgan fingerprint density at radius 3 is 2.54 bits per heavy atom. The van der Waals surface area contributed by atoms with Gasteiger partial charge in [-0.25, -0.2) is 4.79 Å². The minimum absolute atomic E-state index is 0.0540. The molecule has 0 saturated carbocycles. The third-order valence-electron chi connectivity index (χ3n) is 3.98. The van der Waals surface area contributed by atoms with Gasteiger partial charge in [-0.05, 0) is 33.9 Å². The van der Waals surface area contributed by atoms with Crippen LogP contribution >= 0.6 is 0 Å². The molecule has 24 heavy (non-hydrogen) atoms. The van der Waals surface area contributed by atoms with Crippen LogP contribution in [0.2, 0.25) is 0 Å². The lowest BCUT2D eigenvalue weighted by atomic mass is 10.2. The number of carbonyl (C=O) groups excluding carboxylic acids is 2. The van der Waals surface area contributed by atoms with Crippen molar-refractivity contribution < 1.29 is 23.5 Å². The molecule has 0 aliphatic carbocycles. The van der Waals surface area contributed by atoms with Gasteiger partial charge >= 0.3 is 5.97 Å². The summed E-state index contributed by atoms with van der Waals surface area (Å²) in [5.41, 5.74) is 0.419. The van der Waals surface area contributed by atoms with Crippen molar-refractivity contribution in [2.24, 2.45) is 0 Å². The smallest absolute Gasteiger partial charge is 0.341 e. The monoisotopic (exact) mass is 338 g/mol. The van der Waals surface area contributed by atoms with Crippen molar-refractivity contribution >= 4 is 11.9 Å². The van der Waals surface area contributed by atoms with Gasteiger partial charge in [-0.15, -0.1) is 0 Å². The number of morpholine rings is 1. The minimum atomic E-state index is -0.419. The summed E-state index contributed by atoms with van der Waals surface area (Å²) in [5.74, 6) is 0.799. The Bertz CT molecular complexity index is 588. The van der Waals surface area contributed by atoms with Crippen LogP contribution in [0, 0.1) is 6.92 Å². The highest BCUT2D eigenvalue weighted by Gasteiger charge is 2.26. The summed E-state index contributed by atoms with van der Waals surface area (Å²) < 4.78 is 15.9. The van der Waals surface area contributed by atoms with Crippen molar-refractivity contribution in [2.75, 3.05) is 33.8 Å². The first-order chi connectivity index (χ1) is 11.3. The summed E-state index contributed by atoms with van der Waals surface area (Å²) >= 11 is 0. The maximum absolute atomic E-state index is 12.4. The molecule has 0 spiro atoms. The first-order valence-electron chi connectivity index (χ1n) is 8.09. The Morgan fingerprint density at radius 1 is 1.33 bits per heavy atom. The summed E-state index contributed by atoms with van der Waals surface area (Å²) in [4.78, 5) is 27.8. The molecule has 1 aromatic rings. The second-order valence-electron chi connectivity index (χ2n) is 6.40. The van der Waals surface area contributed by atoms with E-state index in [2.05, 4.69) is 0 Å². The number of nitrogens with zero attached hydrogens (tertiary/aromatic N) is 2. The third kappa shape index (κ3) is 4.58. The summed E-state index contributed by atoms with van der Waals surface area (Å²) in [6.45, 7) is 7.62. The highest BCUT2D eigenvalue weighted by molar-refractivity contribution is 5.90. The molecule has 1 aliphatic rings. The van der Waals surface area contributed by atoms with Gasteiger partial charge in [-0.2, -0.15) is 0 Å². The number of carbonyl (C=O) groups is 2. The number of amides is 1. The molecule has 0 radical (unpaired) electrons. The van der Waals surface area contributed by atoms with Crippen LogP contribution in [0.4, 0.5) is 0 Å². The van der Waals surface area contributed by atoms with E-state index in [9.17, 15) is 9.59 Å². The summed E-state index contributed by atoms with van der Waals surface area (Å²) in [7, 11) is 3.18. The molecular weight excluding hydrogens is 312 g/mol. The first-order valence-corrected chi connectivity index (χ1v) is 8.09. The number of aryl methyl sites for hydroxylation is 1. The Morgan fingerprint density at radius 2 is 1.96 bits per heavy atom. The molecule has 2 rings (SSSR count). The van der Waals surface area contributed by atoms with E-state index in [-0.39, 0.29) is 24.7 Å². The average Bonchev–Trinajstić information content (AvgIpc) is 2.85. The molecule has 1 aliphatic heterocycles. The fraction of sp³-hybridized carbons (Fsp3) is 0.647. The van der Waals surface area contributed by atoms with Gasteiger partial charge in [0.15, 0.2) is 0 Å². The average molecular weight is 338 g/mol. The van der Waals surface area contributed by atoms with Crippen molar-refractivity contribution in [3.05, 3.63) is 23.2 Å². The molecule has 2 atom stereocenters. The predicted octanol–water partition coefficient (Wildman–Crippen LogP) is 1.44. The van der Waals surface area contributed by atoms with Crippen molar-refractivity contribution in [2.45, 2.75) is 39.5 Å². The molecule has 2 unspecified atom stereocenters. The maximum atomic E-state index is 12.4. The van der Waals surface area contributed by atoms with Gasteiger partial charge < -0.3 is 18.8 Å². The lowest BCUT2D eigenvalue weighted by Gasteiger charge is -2.36. The fourth-order valence-electron chi connectivity index (χ4n) is 2.97. The van der Waals surface area contributed by atoms with Crippen molar-refractivity contribution in [1.82, 2.24) is 9.80 Å². The highest BCUT2D eigenvalue weighted by Crippen LogP contribution is 2.17. The zero-order chi connectivity index (χ0) is 17.9. The number of likely N-dealkylation sites (N-methyl/N-ethyl adjacent to an activating group) is 1. The molecule has 7 nitrogen and oxygen atoms in total. The van der Waals surface area contributed by atoms with Gasteiger partial charge in [0.05, 0.1) is 32.4 Å². The summed E-state index contributed by atoms with van der Waals surface area (Å²) in [6.07, 6.45) is 0.108. The second-order valence-corrected chi connectivity index (χ2v) is 6.40. The summed E-state index contributed by atoms with van der Waals surface area (Å²) in [6, 6.07) is 1.67. The van der Waals surface area contributed by atoms with Gasteiger partial charge in [-0.3, -0.25) is 9.69 Å². The van der Waals surface area contributed by atoms with Crippen LogP contribution in [-0.4, -0.2) is 67.7 Å². The highest BCUT2D eigenvalue weighted by atomic mass is 16.5. The van der Waals surface area contributed by atoms with Crippen LogP contribution in [0.15, 0.2) is 10.5 Å². The molecular formula is C17H26N2O5. The Hall–Kier alpha value is -1.86. The standard InChI is InChI=1S/C17H26N2O5/c1-11-7-19(8-12(2)23-11)16(20)10-18(4)9-14-6-15(13(3)24-14)17(21)22-5/h6,11-12H,7-10H2,1-5H3. The van der Waals surface area contributed by atoms with Crippen LogP contribution in [0.3, 0.4) is 0 Å². The molecule has 7 heteroatoms. The third-order valence-corrected chi connectivity index (χ3v) is 3.98. The van der Waals surface area contributed by atoms with Crippen LogP contribution in [0.25, 0.3) is 0 Å². The van der Waals surface area contributed by atoms with Crippen molar-refractivity contribution in [1.29, 1.82) is 0 Å². The van der Waals surface area contributed by atoms with E-state index in [0.29, 0.717) is 36.7 Å². The minimum Gasteiger partial charge on any atom is -0.465 e. The lowest BCUT2D eigenvalue weighted by Crippen LogP contribution is -2.50. The Labute approximate surface area is 142 Å². The largest absolute Gasteiger partial charge is 0.465 e. The zero-order valence-corrected chi connectivity index (χ0v) is 15.0. The van der Waals surface area contributed by atoms with Crippen molar-refractivity contribution in [3.8, 4) is 0 Å². The first kappa shape index (κ1) is 18.5. The molecule has 1 amide bonds. The van der Waals surface area contributed by atoms with E-state index in [1.165, 1.54) is 7.11 Å². The van der Waals surface area contributed by atoms with Crippen LogP contribution in [0.5, 0.6) is 0 Å². The zero-order valence-electron chi connectivity index (χ0n) is 15.0. The molecule has 134 valence electrons. The summed E-state index contributed by atoms with van der Waals surface area (Å²) in [5, 5.41) is 0. The lowest BCUT2D eigenvalue weighted by molar-refractivity contribution is -0.144. The van der Waals surface area contributed by atoms with Gasteiger partial charge in [0, 0.05) is 13.1 Å². The molecule has 1 saturated heterocycles. The van der Waals surface area contributed by atoms with Crippen LogP contribution in [-0.2, 0) is 20.8 Å².